The number of carboxylic acid groups (broad SMARTS) is 1. The summed E-state index contributed by atoms with van der Waals surface area (Å²) in [5, 5.41) is 11.7. The zero-order valence-electron chi connectivity index (χ0n) is 9.29. The molecule has 0 aliphatic heterocycles. The van der Waals surface area contributed by atoms with Crippen molar-refractivity contribution in [2.75, 3.05) is 6.54 Å². The fourth-order valence-electron chi connectivity index (χ4n) is 1.27. The van der Waals surface area contributed by atoms with Crippen LogP contribution >= 0.6 is 0 Å². The smallest absolute Gasteiger partial charge is 0.321 e. The summed E-state index contributed by atoms with van der Waals surface area (Å²) < 4.78 is 0. The van der Waals surface area contributed by atoms with Gasteiger partial charge in [0, 0.05) is 12.6 Å². The van der Waals surface area contributed by atoms with Crippen molar-refractivity contribution in [2.45, 2.75) is 45.7 Å². The van der Waals surface area contributed by atoms with Gasteiger partial charge in [-0.25, -0.2) is 0 Å². The van der Waals surface area contributed by atoms with Crippen LogP contribution in [-0.4, -0.2) is 29.7 Å². The van der Waals surface area contributed by atoms with Gasteiger partial charge < -0.3 is 16.2 Å². The Hall–Kier alpha value is -0.610. The first kappa shape index (κ1) is 13.4. The largest absolute Gasteiger partial charge is 0.480 e. The van der Waals surface area contributed by atoms with Gasteiger partial charge in [-0.1, -0.05) is 20.3 Å². The first-order valence-corrected chi connectivity index (χ1v) is 5.19. The number of carboxylic acids is 1. The third-order valence-corrected chi connectivity index (χ3v) is 2.46. The molecule has 0 amide bonds. The van der Waals surface area contributed by atoms with Crippen molar-refractivity contribution in [2.24, 2.45) is 11.7 Å². The fraction of sp³-hybridized carbons (Fsp3) is 0.900. The normalized spacial score (nSPS) is 17.4. The Labute approximate surface area is 85.9 Å². The van der Waals surface area contributed by atoms with E-state index in [2.05, 4.69) is 26.1 Å². The summed E-state index contributed by atoms with van der Waals surface area (Å²) in [6.07, 6.45) is 2.21. The third-order valence-electron chi connectivity index (χ3n) is 2.46. The predicted octanol–water partition coefficient (Wildman–Crippen LogP) is 0.813. The second-order valence-electron chi connectivity index (χ2n) is 4.00. The maximum Gasteiger partial charge on any atom is 0.321 e. The maximum atomic E-state index is 10.4. The zero-order valence-corrected chi connectivity index (χ0v) is 9.29. The van der Waals surface area contributed by atoms with Crippen molar-refractivity contribution >= 4 is 5.97 Å². The molecule has 4 N–H and O–H groups in total. The van der Waals surface area contributed by atoms with Gasteiger partial charge in [-0.05, 0) is 19.3 Å². The number of hydrogen-bond donors (Lipinski definition) is 3. The van der Waals surface area contributed by atoms with E-state index in [-0.39, 0.29) is 0 Å². The van der Waals surface area contributed by atoms with E-state index in [0.29, 0.717) is 18.5 Å². The van der Waals surface area contributed by atoms with Crippen LogP contribution in [0.1, 0.15) is 33.6 Å². The average Bonchev–Trinajstić information content (AvgIpc) is 2.13. The second-order valence-corrected chi connectivity index (χ2v) is 4.00. The quantitative estimate of drug-likeness (QED) is 0.571. The minimum Gasteiger partial charge on any atom is -0.480 e. The van der Waals surface area contributed by atoms with Crippen LogP contribution in [0.2, 0.25) is 0 Å². The number of aliphatic carboxylic acids is 1. The molecule has 0 aliphatic carbocycles. The van der Waals surface area contributed by atoms with Crippen molar-refractivity contribution in [3.05, 3.63) is 0 Å². The fourth-order valence-corrected chi connectivity index (χ4v) is 1.27. The number of nitrogens with two attached hydrogens (primary N) is 1. The second kappa shape index (κ2) is 6.79. The lowest BCUT2D eigenvalue weighted by Gasteiger charge is -2.18. The van der Waals surface area contributed by atoms with E-state index < -0.39 is 12.0 Å². The van der Waals surface area contributed by atoms with Crippen molar-refractivity contribution < 1.29 is 9.90 Å². The van der Waals surface area contributed by atoms with Crippen LogP contribution in [0.3, 0.4) is 0 Å². The van der Waals surface area contributed by atoms with Crippen molar-refractivity contribution in [1.29, 1.82) is 0 Å². The summed E-state index contributed by atoms with van der Waals surface area (Å²) in [4.78, 5) is 10.4. The number of rotatable bonds is 7. The van der Waals surface area contributed by atoms with Gasteiger partial charge in [-0.15, -0.1) is 0 Å². The van der Waals surface area contributed by atoms with E-state index in [4.69, 9.17) is 10.8 Å². The molecule has 84 valence electrons. The van der Waals surface area contributed by atoms with Gasteiger partial charge in [0.2, 0.25) is 0 Å². The molecular formula is C10H22N2O2. The highest BCUT2D eigenvalue weighted by Crippen LogP contribution is 2.08. The molecule has 0 fully saturated rings. The summed E-state index contributed by atoms with van der Waals surface area (Å²) in [7, 11) is 0. The Morgan fingerprint density at radius 2 is 2.07 bits per heavy atom. The van der Waals surface area contributed by atoms with Gasteiger partial charge in [-0.3, -0.25) is 4.79 Å². The molecule has 0 radical (unpaired) electrons. The van der Waals surface area contributed by atoms with Crippen molar-refractivity contribution in [3.63, 3.8) is 0 Å². The van der Waals surface area contributed by atoms with E-state index in [1.54, 1.807) is 0 Å². The van der Waals surface area contributed by atoms with E-state index in [1.807, 2.05) is 0 Å². The zero-order chi connectivity index (χ0) is 11.1. The van der Waals surface area contributed by atoms with Crippen LogP contribution in [0.5, 0.6) is 0 Å². The number of nitrogens with one attached hydrogen (secondary N) is 1. The molecule has 14 heavy (non-hydrogen) atoms. The molecule has 0 bridgehead atoms. The minimum atomic E-state index is -0.951. The minimum absolute atomic E-state index is 0.329. The van der Waals surface area contributed by atoms with Gasteiger partial charge in [-0.2, -0.15) is 0 Å². The molecule has 0 saturated carbocycles. The Kier molecular flexibility index (Phi) is 6.49. The first-order chi connectivity index (χ1) is 6.47. The molecule has 0 aromatic rings. The molecule has 4 heteroatoms. The van der Waals surface area contributed by atoms with Crippen LogP contribution in [0.15, 0.2) is 0 Å². The molecule has 3 atom stereocenters. The first-order valence-electron chi connectivity index (χ1n) is 5.19. The highest BCUT2D eigenvalue weighted by molar-refractivity contribution is 5.73. The highest BCUT2D eigenvalue weighted by Gasteiger charge is 2.13. The third kappa shape index (κ3) is 5.94. The van der Waals surface area contributed by atoms with Gasteiger partial charge in [0.25, 0.3) is 0 Å². The summed E-state index contributed by atoms with van der Waals surface area (Å²) in [6, 6.07) is -0.468. The monoisotopic (exact) mass is 202 g/mol. The van der Waals surface area contributed by atoms with Gasteiger partial charge in [0.05, 0.1) is 0 Å². The van der Waals surface area contributed by atoms with Gasteiger partial charge >= 0.3 is 5.97 Å². The predicted molar refractivity (Wildman–Crippen MR) is 57.1 cm³/mol. The molecule has 0 saturated heterocycles. The highest BCUT2D eigenvalue weighted by atomic mass is 16.4. The van der Waals surface area contributed by atoms with Crippen LogP contribution < -0.4 is 11.1 Å². The summed E-state index contributed by atoms with van der Waals surface area (Å²) in [6.45, 7) is 6.74. The van der Waals surface area contributed by atoms with Crippen LogP contribution in [0.4, 0.5) is 0 Å². The molecular weight excluding hydrogens is 180 g/mol. The van der Waals surface area contributed by atoms with E-state index in [9.17, 15) is 4.79 Å². The summed E-state index contributed by atoms with van der Waals surface area (Å²) in [5.74, 6) is -0.285. The molecule has 3 unspecified atom stereocenters. The molecule has 0 aromatic heterocycles. The Morgan fingerprint density at radius 3 is 2.50 bits per heavy atom. The molecule has 4 nitrogen and oxygen atoms in total. The number of carbonyl (C=O) groups is 1. The summed E-state index contributed by atoms with van der Waals surface area (Å²) >= 11 is 0. The molecule has 0 rings (SSSR count). The lowest BCUT2D eigenvalue weighted by Crippen LogP contribution is -2.43. The van der Waals surface area contributed by atoms with Gasteiger partial charge in [0.15, 0.2) is 0 Å². The molecule has 0 heterocycles. The van der Waals surface area contributed by atoms with Gasteiger partial charge in [0.1, 0.15) is 6.04 Å². The Bertz CT molecular complexity index is 174. The molecule has 0 spiro atoms. The number of hydrogen-bond acceptors (Lipinski definition) is 3. The lowest BCUT2D eigenvalue weighted by molar-refractivity contribution is -0.138. The standard InChI is InChI=1S/C10H22N2O2/c1-4-7(2)5-8(3)12-6-9(11)10(13)14/h7-9,12H,4-6,11H2,1-3H3,(H,13,14). The van der Waals surface area contributed by atoms with E-state index in [1.165, 1.54) is 0 Å². The Balaban J connectivity index is 3.63. The SMILES string of the molecule is CCC(C)CC(C)NCC(N)C(=O)O. The van der Waals surface area contributed by atoms with E-state index in [0.717, 1.165) is 12.8 Å². The lowest BCUT2D eigenvalue weighted by atomic mass is 10.0. The van der Waals surface area contributed by atoms with Crippen molar-refractivity contribution in [3.8, 4) is 0 Å². The molecule has 0 aliphatic rings. The maximum absolute atomic E-state index is 10.4. The topological polar surface area (TPSA) is 75.3 Å². The van der Waals surface area contributed by atoms with Crippen LogP contribution in [-0.2, 0) is 4.79 Å². The van der Waals surface area contributed by atoms with Crippen LogP contribution in [0, 0.1) is 5.92 Å². The summed E-state index contributed by atoms with van der Waals surface area (Å²) in [5.41, 5.74) is 5.37. The van der Waals surface area contributed by atoms with E-state index >= 15 is 0 Å². The molecule has 0 aromatic carbocycles. The Morgan fingerprint density at radius 1 is 1.50 bits per heavy atom. The van der Waals surface area contributed by atoms with Crippen LogP contribution in [0.25, 0.3) is 0 Å². The van der Waals surface area contributed by atoms with Crippen molar-refractivity contribution in [1.82, 2.24) is 5.32 Å². The average molecular weight is 202 g/mol.